The molecule has 0 radical (unpaired) electrons. The Balaban J connectivity index is 2.36. The molecule has 0 spiro atoms. The third-order valence-electron chi connectivity index (χ3n) is 2.78. The number of halogens is 1. The Morgan fingerprint density at radius 1 is 1.42 bits per heavy atom. The molecule has 0 saturated heterocycles. The molecule has 1 aliphatic carbocycles. The van der Waals surface area contributed by atoms with E-state index in [0.29, 0.717) is 0 Å². The molecule has 0 bridgehead atoms. The van der Waals surface area contributed by atoms with E-state index < -0.39 is 0 Å². The zero-order chi connectivity index (χ0) is 8.72. The summed E-state index contributed by atoms with van der Waals surface area (Å²) in [7, 11) is 0. The van der Waals surface area contributed by atoms with Gasteiger partial charge in [0.2, 0.25) is 0 Å². The molecular weight excluding hydrogens is 212 g/mol. The number of hydrogen-bond donors (Lipinski definition) is 0. The normalized spacial score (nSPS) is 20.5. The van der Waals surface area contributed by atoms with Crippen LogP contribution in [0.1, 0.15) is 30.9 Å². The van der Waals surface area contributed by atoms with Crippen molar-refractivity contribution in [2.24, 2.45) is 5.92 Å². The fraction of sp³-hybridized carbons (Fsp3) is 0.455. The highest BCUT2D eigenvalue weighted by molar-refractivity contribution is 9.10. The average Bonchev–Trinajstić information content (AvgIpc) is 1.92. The van der Waals surface area contributed by atoms with Crippen molar-refractivity contribution in [1.29, 1.82) is 0 Å². The molecule has 0 amide bonds. The summed E-state index contributed by atoms with van der Waals surface area (Å²) in [6.45, 7) is 4.60. The van der Waals surface area contributed by atoms with E-state index in [4.69, 9.17) is 0 Å². The summed E-state index contributed by atoms with van der Waals surface area (Å²) in [4.78, 5) is 0. The van der Waals surface area contributed by atoms with Crippen LogP contribution in [-0.2, 0) is 6.42 Å². The van der Waals surface area contributed by atoms with Gasteiger partial charge in [-0.1, -0.05) is 41.9 Å². The Hall–Kier alpha value is -0.300. The molecule has 0 unspecified atom stereocenters. The van der Waals surface area contributed by atoms with E-state index >= 15 is 0 Å². The lowest BCUT2D eigenvalue weighted by Crippen LogP contribution is -2.22. The zero-order valence-corrected chi connectivity index (χ0v) is 9.06. The van der Waals surface area contributed by atoms with Crippen molar-refractivity contribution in [3.8, 4) is 0 Å². The van der Waals surface area contributed by atoms with Crippen LogP contribution in [0.15, 0.2) is 22.7 Å². The summed E-state index contributed by atoms with van der Waals surface area (Å²) < 4.78 is 1.29. The minimum absolute atomic E-state index is 0.784. The lowest BCUT2D eigenvalue weighted by Gasteiger charge is -2.34. The topological polar surface area (TPSA) is 0 Å². The fourth-order valence-electron chi connectivity index (χ4n) is 1.93. The van der Waals surface area contributed by atoms with Gasteiger partial charge in [-0.15, -0.1) is 0 Å². The molecule has 0 aromatic heterocycles. The molecule has 0 heterocycles. The van der Waals surface area contributed by atoms with Crippen LogP contribution in [-0.4, -0.2) is 0 Å². The Kier molecular flexibility index (Phi) is 1.99. The summed E-state index contributed by atoms with van der Waals surface area (Å²) in [6.07, 6.45) is 1.26. The van der Waals surface area contributed by atoms with Crippen LogP contribution >= 0.6 is 15.9 Å². The van der Waals surface area contributed by atoms with Gasteiger partial charge in [0.15, 0.2) is 0 Å². The van der Waals surface area contributed by atoms with Gasteiger partial charge < -0.3 is 0 Å². The minimum atomic E-state index is 0.784. The second kappa shape index (κ2) is 2.88. The number of rotatable bonds is 1. The maximum atomic E-state index is 3.57. The maximum absolute atomic E-state index is 3.57. The maximum Gasteiger partial charge on any atom is 0.0210 e. The fourth-order valence-corrected chi connectivity index (χ4v) is 2.48. The van der Waals surface area contributed by atoms with Crippen molar-refractivity contribution in [1.82, 2.24) is 0 Å². The van der Waals surface area contributed by atoms with E-state index in [9.17, 15) is 0 Å². The van der Waals surface area contributed by atoms with E-state index in [1.54, 1.807) is 5.56 Å². The number of fused-ring (bicyclic) bond motifs is 1. The van der Waals surface area contributed by atoms with E-state index in [1.165, 1.54) is 16.5 Å². The highest BCUT2D eigenvalue weighted by atomic mass is 79.9. The lowest BCUT2D eigenvalue weighted by molar-refractivity contribution is 0.449. The summed E-state index contributed by atoms with van der Waals surface area (Å²) >= 11 is 3.57. The molecule has 1 aromatic rings. The van der Waals surface area contributed by atoms with Gasteiger partial charge in [0.1, 0.15) is 0 Å². The molecule has 0 fully saturated rings. The van der Waals surface area contributed by atoms with E-state index in [-0.39, 0.29) is 0 Å². The lowest BCUT2D eigenvalue weighted by atomic mass is 9.72. The van der Waals surface area contributed by atoms with Gasteiger partial charge in [0.25, 0.3) is 0 Å². The molecule has 0 saturated carbocycles. The van der Waals surface area contributed by atoms with Crippen LogP contribution in [0.3, 0.4) is 0 Å². The highest BCUT2D eigenvalue weighted by Crippen LogP contribution is 2.43. The SMILES string of the molecule is CC(C)[C@@H]1Cc2c(Br)cccc21. The second-order valence-corrected chi connectivity index (χ2v) is 4.72. The Morgan fingerprint density at radius 2 is 2.17 bits per heavy atom. The first kappa shape index (κ1) is 8.31. The summed E-state index contributed by atoms with van der Waals surface area (Å²) in [6, 6.07) is 6.53. The number of hydrogen-bond acceptors (Lipinski definition) is 0. The Bertz CT molecular complexity index is 302. The smallest absolute Gasteiger partial charge is 0.0210 e. The number of benzene rings is 1. The monoisotopic (exact) mass is 224 g/mol. The molecule has 2 rings (SSSR count). The molecular formula is C11H13Br. The molecule has 12 heavy (non-hydrogen) atoms. The quantitative estimate of drug-likeness (QED) is 0.682. The Morgan fingerprint density at radius 3 is 2.83 bits per heavy atom. The predicted molar refractivity (Wildman–Crippen MR) is 55.4 cm³/mol. The van der Waals surface area contributed by atoms with Gasteiger partial charge in [0, 0.05) is 4.47 Å². The molecule has 1 aromatic carbocycles. The van der Waals surface area contributed by atoms with Crippen LogP contribution in [0.5, 0.6) is 0 Å². The van der Waals surface area contributed by atoms with Gasteiger partial charge in [-0.25, -0.2) is 0 Å². The molecule has 0 nitrogen and oxygen atoms in total. The van der Waals surface area contributed by atoms with Gasteiger partial charge in [0.05, 0.1) is 0 Å². The van der Waals surface area contributed by atoms with Crippen LogP contribution in [0.4, 0.5) is 0 Å². The van der Waals surface area contributed by atoms with Crippen molar-refractivity contribution < 1.29 is 0 Å². The molecule has 0 aliphatic heterocycles. The molecule has 1 atom stereocenters. The molecule has 1 aliphatic rings. The Labute approximate surface area is 82.1 Å². The molecule has 64 valence electrons. The third-order valence-corrected chi connectivity index (χ3v) is 3.53. The molecule has 1 heteroatoms. The van der Waals surface area contributed by atoms with Crippen molar-refractivity contribution in [3.63, 3.8) is 0 Å². The van der Waals surface area contributed by atoms with Crippen molar-refractivity contribution >= 4 is 15.9 Å². The first-order chi connectivity index (χ1) is 5.70. The van der Waals surface area contributed by atoms with Gasteiger partial charge in [-0.05, 0) is 35.4 Å². The van der Waals surface area contributed by atoms with E-state index in [0.717, 1.165) is 11.8 Å². The predicted octanol–water partition coefficient (Wildman–Crippen LogP) is 3.74. The van der Waals surface area contributed by atoms with E-state index in [1.807, 2.05) is 0 Å². The van der Waals surface area contributed by atoms with Crippen LogP contribution in [0.2, 0.25) is 0 Å². The van der Waals surface area contributed by atoms with Crippen molar-refractivity contribution in [3.05, 3.63) is 33.8 Å². The first-order valence-electron chi connectivity index (χ1n) is 4.47. The van der Waals surface area contributed by atoms with Crippen molar-refractivity contribution in [2.45, 2.75) is 26.2 Å². The van der Waals surface area contributed by atoms with Gasteiger partial charge in [-0.3, -0.25) is 0 Å². The second-order valence-electron chi connectivity index (χ2n) is 3.86. The van der Waals surface area contributed by atoms with E-state index in [2.05, 4.69) is 48.0 Å². The standard InChI is InChI=1S/C11H13Br/c1-7(2)9-6-10-8(9)4-3-5-11(10)12/h3-5,7,9H,6H2,1-2H3/t9-/m0/s1. The third kappa shape index (κ3) is 1.11. The summed E-state index contributed by atoms with van der Waals surface area (Å²) in [5.41, 5.74) is 3.08. The molecule has 0 N–H and O–H groups in total. The first-order valence-corrected chi connectivity index (χ1v) is 5.26. The van der Waals surface area contributed by atoms with Gasteiger partial charge >= 0.3 is 0 Å². The van der Waals surface area contributed by atoms with Crippen LogP contribution < -0.4 is 0 Å². The van der Waals surface area contributed by atoms with Crippen molar-refractivity contribution in [2.75, 3.05) is 0 Å². The van der Waals surface area contributed by atoms with Crippen LogP contribution in [0, 0.1) is 5.92 Å². The summed E-state index contributed by atoms with van der Waals surface area (Å²) in [5, 5.41) is 0. The minimum Gasteiger partial charge on any atom is -0.0622 e. The zero-order valence-electron chi connectivity index (χ0n) is 7.47. The largest absolute Gasteiger partial charge is 0.0622 e. The van der Waals surface area contributed by atoms with Crippen LogP contribution in [0.25, 0.3) is 0 Å². The average molecular weight is 225 g/mol. The highest BCUT2D eigenvalue weighted by Gasteiger charge is 2.29. The summed E-state index contributed by atoms with van der Waals surface area (Å²) in [5.74, 6) is 1.59. The van der Waals surface area contributed by atoms with Gasteiger partial charge in [-0.2, -0.15) is 0 Å².